The van der Waals surface area contributed by atoms with E-state index in [0.29, 0.717) is 11.5 Å². The Kier molecular flexibility index (Phi) is 5.03. The van der Waals surface area contributed by atoms with Crippen LogP contribution in [0.5, 0.6) is 11.5 Å². The molecule has 0 radical (unpaired) electrons. The van der Waals surface area contributed by atoms with Crippen LogP contribution in [0.15, 0.2) is 36.4 Å². The molecule has 26 heavy (non-hydrogen) atoms. The van der Waals surface area contributed by atoms with Gasteiger partial charge in [0.1, 0.15) is 11.5 Å². The second kappa shape index (κ2) is 7.43. The third-order valence-corrected chi connectivity index (χ3v) is 6.33. The van der Waals surface area contributed by atoms with Gasteiger partial charge < -0.3 is 9.05 Å². The minimum Gasteiger partial charge on any atom is -0.394 e. The first kappa shape index (κ1) is 17.6. The predicted molar refractivity (Wildman–Crippen MR) is 100 cm³/mol. The first-order valence-corrected chi connectivity index (χ1v) is 10.7. The van der Waals surface area contributed by atoms with E-state index >= 15 is 0 Å². The fourth-order valence-electron chi connectivity index (χ4n) is 3.85. The molecule has 0 amide bonds. The molecule has 138 valence electrons. The molecule has 5 nitrogen and oxygen atoms in total. The summed E-state index contributed by atoms with van der Waals surface area (Å²) >= 11 is 0. The van der Waals surface area contributed by atoms with Gasteiger partial charge in [-0.1, -0.05) is 12.1 Å². The molecule has 6 heteroatoms. The van der Waals surface area contributed by atoms with Crippen LogP contribution in [0.25, 0.3) is 0 Å². The van der Waals surface area contributed by atoms with Gasteiger partial charge in [0.25, 0.3) is 0 Å². The van der Waals surface area contributed by atoms with Crippen LogP contribution in [0.4, 0.5) is 0 Å². The lowest BCUT2D eigenvalue weighted by Gasteiger charge is -2.21. The van der Waals surface area contributed by atoms with E-state index in [0.717, 1.165) is 38.5 Å². The van der Waals surface area contributed by atoms with Gasteiger partial charge >= 0.3 is 7.82 Å². The van der Waals surface area contributed by atoms with E-state index in [9.17, 15) is 4.57 Å². The van der Waals surface area contributed by atoms with Crippen molar-refractivity contribution in [3.8, 4) is 11.5 Å². The lowest BCUT2D eigenvalue weighted by atomic mass is 9.92. The van der Waals surface area contributed by atoms with Crippen molar-refractivity contribution in [1.29, 1.82) is 0 Å². The van der Waals surface area contributed by atoms with Crippen LogP contribution in [-0.2, 0) is 34.9 Å². The summed E-state index contributed by atoms with van der Waals surface area (Å²) in [7, 11) is -3.94. The van der Waals surface area contributed by atoms with Gasteiger partial charge in [0.15, 0.2) is 0 Å². The highest BCUT2D eigenvalue weighted by Crippen LogP contribution is 2.48. The standard InChI is InChI=1S/C20H24NO4P/c21-25-26(22,23-19-11-9-15-5-1-3-7-17(15)13-19)24-20-12-10-16-6-2-4-8-18(16)14-20/h9-14H,1-8,21H2. The molecule has 2 N–H and O–H groups in total. The van der Waals surface area contributed by atoms with Gasteiger partial charge in [0, 0.05) is 0 Å². The van der Waals surface area contributed by atoms with E-state index in [-0.39, 0.29) is 0 Å². The predicted octanol–water partition coefficient (Wildman–Crippen LogP) is 4.90. The molecule has 0 aromatic heterocycles. The first-order valence-electron chi connectivity index (χ1n) is 9.26. The molecule has 0 heterocycles. The zero-order valence-electron chi connectivity index (χ0n) is 14.8. The minimum atomic E-state index is -3.94. The Morgan fingerprint density at radius 1 is 0.692 bits per heavy atom. The van der Waals surface area contributed by atoms with Crippen LogP contribution in [0.1, 0.15) is 47.9 Å². The lowest BCUT2D eigenvalue weighted by Crippen LogP contribution is -2.10. The zero-order chi connectivity index (χ0) is 18.0. The van der Waals surface area contributed by atoms with Crippen molar-refractivity contribution in [2.45, 2.75) is 51.4 Å². The Morgan fingerprint density at radius 3 is 1.54 bits per heavy atom. The van der Waals surface area contributed by atoms with E-state index in [1.807, 2.05) is 24.3 Å². The SMILES string of the molecule is NOP(=O)(Oc1ccc2c(c1)CCCC2)Oc1ccc2c(c1)CCCC2. The number of fused-ring (bicyclic) bond motifs is 2. The second-order valence-corrected chi connectivity index (χ2v) is 8.48. The number of phosphoric ester groups is 1. The van der Waals surface area contributed by atoms with Gasteiger partial charge in [-0.3, -0.25) is 0 Å². The van der Waals surface area contributed by atoms with Crippen molar-refractivity contribution in [2.24, 2.45) is 5.90 Å². The molecule has 2 aliphatic rings. The van der Waals surface area contributed by atoms with Gasteiger partial charge in [0.2, 0.25) is 0 Å². The number of benzene rings is 2. The van der Waals surface area contributed by atoms with Crippen LogP contribution >= 0.6 is 7.82 Å². The molecule has 2 aromatic rings. The summed E-state index contributed by atoms with van der Waals surface area (Å²) in [6.45, 7) is 0. The molecule has 2 aliphatic carbocycles. The largest absolute Gasteiger partial charge is 0.604 e. The summed E-state index contributed by atoms with van der Waals surface area (Å²) in [6.07, 6.45) is 8.90. The van der Waals surface area contributed by atoms with Gasteiger partial charge in [0.05, 0.1) is 0 Å². The van der Waals surface area contributed by atoms with Crippen molar-refractivity contribution in [1.82, 2.24) is 0 Å². The van der Waals surface area contributed by atoms with Gasteiger partial charge in [-0.05, 0) is 97.9 Å². The van der Waals surface area contributed by atoms with Crippen LogP contribution in [-0.4, -0.2) is 0 Å². The molecule has 0 aliphatic heterocycles. The molecule has 0 bridgehead atoms. The number of phosphoric acid groups is 1. The molecule has 2 aromatic carbocycles. The maximum Gasteiger partial charge on any atom is 0.604 e. The molecule has 0 spiro atoms. The number of rotatable bonds is 5. The molecule has 0 saturated carbocycles. The van der Waals surface area contributed by atoms with E-state index in [2.05, 4.69) is 4.62 Å². The summed E-state index contributed by atoms with van der Waals surface area (Å²) in [5, 5.41) is 0. The Morgan fingerprint density at radius 2 is 1.12 bits per heavy atom. The molecule has 0 atom stereocenters. The van der Waals surface area contributed by atoms with E-state index in [1.165, 1.54) is 35.1 Å². The fraction of sp³-hybridized carbons (Fsp3) is 0.400. The average Bonchev–Trinajstić information content (AvgIpc) is 2.68. The minimum absolute atomic E-state index is 0.456. The van der Waals surface area contributed by atoms with E-state index < -0.39 is 7.82 Å². The highest BCUT2D eigenvalue weighted by atomic mass is 31.2. The van der Waals surface area contributed by atoms with E-state index in [1.54, 1.807) is 12.1 Å². The smallest absolute Gasteiger partial charge is 0.394 e. The van der Waals surface area contributed by atoms with Gasteiger partial charge in [-0.25, -0.2) is 10.5 Å². The highest BCUT2D eigenvalue weighted by molar-refractivity contribution is 7.49. The second-order valence-electron chi connectivity index (χ2n) is 7.01. The number of hydrogen-bond donors (Lipinski definition) is 1. The van der Waals surface area contributed by atoms with Crippen LogP contribution < -0.4 is 14.9 Å². The quantitative estimate of drug-likeness (QED) is 0.596. The Hall–Kier alpha value is -1.81. The molecule has 4 rings (SSSR count). The third kappa shape index (κ3) is 3.80. The number of hydrogen-bond acceptors (Lipinski definition) is 5. The maximum atomic E-state index is 12.9. The summed E-state index contributed by atoms with van der Waals surface area (Å²) < 4.78 is 28.6. The highest BCUT2D eigenvalue weighted by Gasteiger charge is 2.31. The van der Waals surface area contributed by atoms with Gasteiger partial charge in [-0.2, -0.15) is 4.62 Å². The van der Waals surface area contributed by atoms with Crippen molar-refractivity contribution >= 4 is 7.82 Å². The summed E-state index contributed by atoms with van der Waals surface area (Å²) in [4.78, 5) is 0. The number of nitrogens with two attached hydrogens (primary N) is 1. The zero-order valence-corrected chi connectivity index (χ0v) is 15.7. The fourth-order valence-corrected chi connectivity index (χ4v) is 4.72. The number of aryl methyl sites for hydroxylation is 4. The molecule has 0 saturated heterocycles. The summed E-state index contributed by atoms with van der Waals surface area (Å²) in [5.74, 6) is 6.18. The normalized spacial score (nSPS) is 16.5. The van der Waals surface area contributed by atoms with E-state index in [4.69, 9.17) is 14.9 Å². The van der Waals surface area contributed by atoms with Gasteiger partial charge in [-0.15, -0.1) is 0 Å². The van der Waals surface area contributed by atoms with Crippen molar-refractivity contribution in [3.63, 3.8) is 0 Å². The third-order valence-electron chi connectivity index (χ3n) is 5.20. The molecular weight excluding hydrogens is 349 g/mol. The molecular formula is C20H24NO4P. The van der Waals surface area contributed by atoms with Crippen LogP contribution in [0, 0.1) is 0 Å². The van der Waals surface area contributed by atoms with Crippen molar-refractivity contribution < 1.29 is 18.2 Å². The monoisotopic (exact) mass is 373 g/mol. The summed E-state index contributed by atoms with van der Waals surface area (Å²) in [5.41, 5.74) is 5.10. The van der Waals surface area contributed by atoms with Crippen LogP contribution in [0.3, 0.4) is 0 Å². The Bertz CT molecular complexity index is 786. The lowest BCUT2D eigenvalue weighted by molar-refractivity contribution is 0.214. The maximum absolute atomic E-state index is 12.9. The Labute approximate surface area is 154 Å². The molecule has 0 fully saturated rings. The van der Waals surface area contributed by atoms with Crippen molar-refractivity contribution in [3.05, 3.63) is 58.7 Å². The van der Waals surface area contributed by atoms with Crippen LogP contribution in [0.2, 0.25) is 0 Å². The van der Waals surface area contributed by atoms with Crippen molar-refractivity contribution in [2.75, 3.05) is 0 Å². The topological polar surface area (TPSA) is 70.8 Å². The average molecular weight is 373 g/mol. The first-order chi connectivity index (χ1) is 12.6. The molecule has 0 unspecified atom stereocenters. The Balaban J connectivity index is 1.53. The summed E-state index contributed by atoms with van der Waals surface area (Å²) in [6, 6.07) is 11.5.